The van der Waals surface area contributed by atoms with Gasteiger partial charge in [-0.3, -0.25) is 9.69 Å². The summed E-state index contributed by atoms with van der Waals surface area (Å²) in [5.74, 6) is 1.29. The normalized spacial score (nSPS) is 19.6. The van der Waals surface area contributed by atoms with Crippen molar-refractivity contribution in [3.63, 3.8) is 0 Å². The highest BCUT2D eigenvalue weighted by Crippen LogP contribution is 2.42. The van der Waals surface area contributed by atoms with Gasteiger partial charge in [-0.2, -0.15) is 0 Å². The van der Waals surface area contributed by atoms with E-state index in [1.165, 1.54) is 11.3 Å². The predicted octanol–water partition coefficient (Wildman–Crippen LogP) is 3.22. The number of carbonyl (C=O) groups excluding carboxylic acids is 2. The first kappa shape index (κ1) is 27.3. The Morgan fingerprint density at radius 1 is 1.17 bits per heavy atom. The molecule has 3 aromatic rings. The lowest BCUT2D eigenvalue weighted by molar-refractivity contribution is 0.00481. The standard InChI is InChI=1S/C28H31N7O5S2/c1-15-25(41-27(30-15)32-22-4-3-5-23(31-22)34-9-8-29-28(34)37)18-10-19-12-35(16(2)17-6-7-17)26(36)24(19)21(11-18)42(38,39)33-20-13-40-14-20/h3-5,10-11,16-17,20,33H,6-9,12-14H2,1-2H3,(H,29,37)(H,30,31,32). The number of benzene rings is 1. The van der Waals surface area contributed by atoms with Gasteiger partial charge in [-0.25, -0.2) is 27.9 Å². The van der Waals surface area contributed by atoms with Gasteiger partial charge in [0, 0.05) is 25.7 Å². The number of nitrogens with zero attached hydrogens (tertiary/aromatic N) is 4. The Bertz CT molecular complexity index is 1700. The van der Waals surface area contributed by atoms with Gasteiger partial charge in [-0.05, 0) is 68.0 Å². The number of rotatable bonds is 9. The number of nitrogens with one attached hydrogen (secondary N) is 3. The van der Waals surface area contributed by atoms with Crippen molar-refractivity contribution in [3.05, 3.63) is 47.2 Å². The number of anilines is 3. The molecule has 1 atom stereocenters. The van der Waals surface area contributed by atoms with Gasteiger partial charge in [0.15, 0.2) is 5.13 Å². The van der Waals surface area contributed by atoms with Crippen molar-refractivity contribution >= 4 is 50.1 Å². The summed E-state index contributed by atoms with van der Waals surface area (Å²) in [6.45, 7) is 6.01. The average Bonchev–Trinajstić information content (AvgIpc) is 3.48. The smallest absolute Gasteiger partial charge is 0.323 e. The van der Waals surface area contributed by atoms with Crippen LogP contribution in [0.3, 0.4) is 0 Å². The third-order valence-electron chi connectivity index (χ3n) is 8.21. The third-order valence-corrected chi connectivity index (χ3v) is 10.9. The molecule has 7 rings (SSSR count). The summed E-state index contributed by atoms with van der Waals surface area (Å²) in [6.07, 6.45) is 2.17. The van der Waals surface area contributed by atoms with Gasteiger partial charge < -0.3 is 20.3 Å². The zero-order chi connectivity index (χ0) is 29.2. The van der Waals surface area contributed by atoms with Gasteiger partial charge in [0.05, 0.1) is 40.3 Å². The molecule has 0 bridgehead atoms. The van der Waals surface area contributed by atoms with Crippen molar-refractivity contribution in [2.45, 2.75) is 50.2 Å². The van der Waals surface area contributed by atoms with E-state index in [2.05, 4.69) is 25.3 Å². The van der Waals surface area contributed by atoms with Crippen LogP contribution in [-0.2, 0) is 21.3 Å². The topological polar surface area (TPSA) is 146 Å². The summed E-state index contributed by atoms with van der Waals surface area (Å²) in [4.78, 5) is 39.2. The minimum atomic E-state index is -3.99. The molecule has 0 radical (unpaired) electrons. The first-order chi connectivity index (χ1) is 20.2. The Kier molecular flexibility index (Phi) is 6.68. The monoisotopic (exact) mass is 609 g/mol. The van der Waals surface area contributed by atoms with E-state index in [0.29, 0.717) is 72.4 Å². The molecule has 2 aromatic heterocycles. The van der Waals surface area contributed by atoms with Crippen molar-refractivity contribution in [2.75, 3.05) is 36.5 Å². The van der Waals surface area contributed by atoms with Crippen molar-refractivity contribution in [1.82, 2.24) is 24.9 Å². The molecule has 1 unspecified atom stereocenters. The van der Waals surface area contributed by atoms with Gasteiger partial charge in [-0.15, -0.1) is 0 Å². The Balaban J connectivity index is 1.23. The number of amides is 3. The largest absolute Gasteiger partial charge is 0.378 e. The fourth-order valence-corrected chi connectivity index (χ4v) is 8.12. The minimum Gasteiger partial charge on any atom is -0.378 e. The van der Waals surface area contributed by atoms with Gasteiger partial charge in [0.1, 0.15) is 11.6 Å². The summed E-state index contributed by atoms with van der Waals surface area (Å²) >= 11 is 1.37. The molecule has 14 heteroatoms. The van der Waals surface area contributed by atoms with Crippen LogP contribution in [0.25, 0.3) is 10.4 Å². The van der Waals surface area contributed by atoms with E-state index >= 15 is 0 Å². The van der Waals surface area contributed by atoms with Gasteiger partial charge in [0.2, 0.25) is 10.0 Å². The lowest BCUT2D eigenvalue weighted by Crippen LogP contribution is -2.48. The Morgan fingerprint density at radius 2 is 1.98 bits per heavy atom. The van der Waals surface area contributed by atoms with E-state index in [-0.39, 0.29) is 34.5 Å². The number of fused-ring (bicyclic) bond motifs is 1. The summed E-state index contributed by atoms with van der Waals surface area (Å²) in [6, 6.07) is 8.46. The van der Waals surface area contributed by atoms with Gasteiger partial charge in [-0.1, -0.05) is 17.4 Å². The predicted molar refractivity (Wildman–Crippen MR) is 158 cm³/mol. The number of thiazole rings is 1. The number of sulfonamides is 1. The molecule has 1 aromatic carbocycles. The number of pyridine rings is 1. The lowest BCUT2D eigenvalue weighted by Gasteiger charge is -2.27. The van der Waals surface area contributed by atoms with Crippen molar-refractivity contribution < 1.29 is 22.7 Å². The SMILES string of the molecule is Cc1nc(Nc2cccc(N3CCNC3=O)n2)sc1-c1cc2c(c(S(=O)(=O)NC3COC3)c1)C(=O)N(C(C)C1CC1)C2. The van der Waals surface area contributed by atoms with Crippen LogP contribution < -0.4 is 20.3 Å². The molecule has 0 spiro atoms. The fourth-order valence-electron chi connectivity index (χ4n) is 5.69. The highest BCUT2D eigenvalue weighted by Gasteiger charge is 2.42. The summed E-state index contributed by atoms with van der Waals surface area (Å²) in [5, 5.41) is 6.58. The maximum Gasteiger partial charge on any atom is 0.323 e. The van der Waals surface area contributed by atoms with Crippen LogP contribution in [0.5, 0.6) is 0 Å². The van der Waals surface area contributed by atoms with Gasteiger partial charge in [0.25, 0.3) is 5.91 Å². The number of hydrogen-bond donors (Lipinski definition) is 3. The second-order valence-electron chi connectivity index (χ2n) is 11.2. The number of aromatic nitrogens is 2. The number of aryl methyl sites for hydroxylation is 1. The zero-order valence-electron chi connectivity index (χ0n) is 23.2. The fraction of sp³-hybridized carbons (Fsp3) is 0.429. The molecule has 5 heterocycles. The van der Waals surface area contributed by atoms with Crippen molar-refractivity contribution in [2.24, 2.45) is 5.92 Å². The van der Waals surface area contributed by atoms with Gasteiger partial charge >= 0.3 is 6.03 Å². The van der Waals surface area contributed by atoms with Crippen molar-refractivity contribution in [1.29, 1.82) is 0 Å². The van der Waals surface area contributed by atoms with Crippen LogP contribution >= 0.6 is 11.3 Å². The maximum atomic E-state index is 13.6. The van der Waals surface area contributed by atoms with Crippen molar-refractivity contribution in [3.8, 4) is 10.4 Å². The van der Waals surface area contributed by atoms with Crippen LogP contribution in [0.2, 0.25) is 0 Å². The van der Waals surface area contributed by atoms with E-state index in [0.717, 1.165) is 17.7 Å². The van der Waals surface area contributed by atoms with E-state index in [4.69, 9.17) is 4.74 Å². The number of hydrogen-bond acceptors (Lipinski definition) is 9. The molecule has 220 valence electrons. The molecule has 4 aliphatic rings. The Hall–Kier alpha value is -3.59. The molecule has 2 saturated heterocycles. The second-order valence-corrected chi connectivity index (χ2v) is 13.9. The summed E-state index contributed by atoms with van der Waals surface area (Å²) in [7, 11) is -3.99. The second kappa shape index (κ2) is 10.3. The molecule has 1 saturated carbocycles. The van der Waals surface area contributed by atoms with Crippen LogP contribution in [0.15, 0.2) is 35.2 Å². The number of carbonyl (C=O) groups is 2. The molecule has 3 amide bonds. The highest BCUT2D eigenvalue weighted by atomic mass is 32.2. The Labute approximate surface area is 247 Å². The molecule has 1 aliphatic carbocycles. The van der Waals surface area contributed by atoms with Crippen LogP contribution in [0.1, 0.15) is 41.4 Å². The lowest BCUT2D eigenvalue weighted by atomic mass is 10.0. The third kappa shape index (κ3) is 4.91. The zero-order valence-corrected chi connectivity index (χ0v) is 24.8. The first-order valence-electron chi connectivity index (χ1n) is 14.0. The van der Waals surface area contributed by atoms with E-state index in [1.54, 1.807) is 23.1 Å². The molecule has 3 aliphatic heterocycles. The minimum absolute atomic E-state index is 0.00189. The number of urea groups is 1. The quantitative estimate of drug-likeness (QED) is 0.335. The Morgan fingerprint density at radius 3 is 2.67 bits per heavy atom. The highest BCUT2D eigenvalue weighted by molar-refractivity contribution is 7.89. The van der Waals surface area contributed by atoms with E-state index in [9.17, 15) is 18.0 Å². The summed E-state index contributed by atoms with van der Waals surface area (Å²) in [5.41, 5.74) is 2.36. The molecular formula is C28H31N7O5S2. The first-order valence-corrected chi connectivity index (χ1v) is 16.3. The molecular weight excluding hydrogens is 578 g/mol. The summed E-state index contributed by atoms with van der Waals surface area (Å²) < 4.78 is 35.2. The van der Waals surface area contributed by atoms with Crippen LogP contribution in [0.4, 0.5) is 21.6 Å². The van der Waals surface area contributed by atoms with Crippen LogP contribution in [0, 0.1) is 12.8 Å². The van der Waals surface area contributed by atoms with E-state index in [1.807, 2.05) is 30.9 Å². The van der Waals surface area contributed by atoms with E-state index < -0.39 is 10.0 Å². The molecule has 42 heavy (non-hydrogen) atoms. The molecule has 3 N–H and O–H groups in total. The maximum absolute atomic E-state index is 13.6. The average molecular weight is 610 g/mol. The molecule has 12 nitrogen and oxygen atoms in total. The van der Waals surface area contributed by atoms with Crippen LogP contribution in [-0.4, -0.2) is 73.6 Å². The number of ether oxygens (including phenoxy) is 1. The molecule has 3 fully saturated rings.